The first kappa shape index (κ1) is 14.4. The summed E-state index contributed by atoms with van der Waals surface area (Å²) in [7, 11) is 1.87. The Balaban J connectivity index is 3.23. The number of aromatic carboxylic acids is 1. The van der Waals surface area contributed by atoms with E-state index in [0.29, 0.717) is 11.5 Å². The van der Waals surface area contributed by atoms with Crippen LogP contribution in [-0.2, 0) is 0 Å². The van der Waals surface area contributed by atoms with Gasteiger partial charge in [0.15, 0.2) is 5.69 Å². The molecule has 1 aromatic rings. The number of carbonyl (C=O) groups is 1. The van der Waals surface area contributed by atoms with Crippen LogP contribution in [0, 0.1) is 0 Å². The molecule has 5 nitrogen and oxygen atoms in total. The number of aromatic nitrogens is 2. The summed E-state index contributed by atoms with van der Waals surface area (Å²) in [6.07, 6.45) is 2.54. The van der Waals surface area contributed by atoms with Crippen molar-refractivity contribution in [2.75, 3.05) is 11.9 Å². The first-order valence-corrected chi connectivity index (χ1v) is 6.21. The van der Waals surface area contributed by atoms with Gasteiger partial charge in [-0.05, 0) is 13.3 Å². The molecular formula is C13H21N3O2. The number of nitrogens with zero attached hydrogens (tertiary/aromatic N) is 3. The van der Waals surface area contributed by atoms with E-state index >= 15 is 0 Å². The van der Waals surface area contributed by atoms with Gasteiger partial charge in [-0.3, -0.25) is 0 Å². The van der Waals surface area contributed by atoms with E-state index in [1.165, 1.54) is 0 Å². The van der Waals surface area contributed by atoms with Crippen LogP contribution in [0.2, 0.25) is 0 Å². The van der Waals surface area contributed by atoms with Gasteiger partial charge in [-0.25, -0.2) is 14.8 Å². The fourth-order valence-electron chi connectivity index (χ4n) is 1.59. The van der Waals surface area contributed by atoms with Crippen molar-refractivity contribution < 1.29 is 9.90 Å². The average Bonchev–Trinajstić information content (AvgIpc) is 2.35. The van der Waals surface area contributed by atoms with Gasteiger partial charge in [0, 0.05) is 19.0 Å². The zero-order valence-corrected chi connectivity index (χ0v) is 11.6. The Morgan fingerprint density at radius 1 is 1.44 bits per heavy atom. The fraction of sp³-hybridized carbons (Fsp3) is 0.615. The summed E-state index contributed by atoms with van der Waals surface area (Å²) in [6, 6.07) is 0.247. The van der Waals surface area contributed by atoms with Gasteiger partial charge in [-0.1, -0.05) is 20.8 Å². The monoisotopic (exact) mass is 251 g/mol. The molecule has 0 aliphatic carbocycles. The van der Waals surface area contributed by atoms with Gasteiger partial charge in [0.1, 0.15) is 5.82 Å². The normalized spacial score (nSPS) is 12.6. The van der Waals surface area contributed by atoms with Gasteiger partial charge in [-0.2, -0.15) is 0 Å². The van der Waals surface area contributed by atoms with Gasteiger partial charge in [0.05, 0.1) is 11.9 Å². The molecule has 1 unspecified atom stereocenters. The molecule has 0 bridgehead atoms. The van der Waals surface area contributed by atoms with Gasteiger partial charge < -0.3 is 10.0 Å². The molecule has 0 amide bonds. The second kappa shape index (κ2) is 5.80. The van der Waals surface area contributed by atoms with Crippen LogP contribution in [0.25, 0.3) is 0 Å². The van der Waals surface area contributed by atoms with E-state index in [-0.39, 0.29) is 17.7 Å². The lowest BCUT2D eigenvalue weighted by molar-refractivity contribution is 0.0690. The second-order valence-electron chi connectivity index (χ2n) is 4.79. The molecule has 0 aromatic carbocycles. The highest BCUT2D eigenvalue weighted by molar-refractivity contribution is 5.92. The quantitative estimate of drug-likeness (QED) is 0.871. The predicted octanol–water partition coefficient (Wildman–Crippen LogP) is 2.53. The number of rotatable bonds is 5. The molecular weight excluding hydrogens is 230 g/mol. The summed E-state index contributed by atoms with van der Waals surface area (Å²) in [5, 5.41) is 9.26. The topological polar surface area (TPSA) is 66.3 Å². The summed E-state index contributed by atoms with van der Waals surface area (Å²) in [5.41, 5.74) is 0.651. The fourth-order valence-corrected chi connectivity index (χ4v) is 1.59. The van der Waals surface area contributed by atoms with E-state index in [1.54, 1.807) is 6.20 Å². The molecule has 1 aromatic heterocycles. The highest BCUT2D eigenvalue weighted by Crippen LogP contribution is 2.21. The van der Waals surface area contributed by atoms with Crippen molar-refractivity contribution in [3.8, 4) is 0 Å². The van der Waals surface area contributed by atoms with Crippen LogP contribution in [0.15, 0.2) is 6.20 Å². The Morgan fingerprint density at radius 3 is 2.50 bits per heavy atom. The molecule has 5 heteroatoms. The largest absolute Gasteiger partial charge is 0.476 e. The Hall–Kier alpha value is -1.65. The highest BCUT2D eigenvalue weighted by Gasteiger charge is 2.20. The molecule has 0 fully saturated rings. The molecule has 0 aliphatic rings. The standard InChI is InChI=1S/C13H21N3O2/c1-6-9(4)16(5)10-7-14-12(8(2)3)15-11(10)13(17)18/h7-9H,6H2,1-5H3,(H,17,18). The minimum absolute atomic E-state index is 0.0801. The molecule has 1 N–H and O–H groups in total. The van der Waals surface area contributed by atoms with Crippen LogP contribution in [0.5, 0.6) is 0 Å². The van der Waals surface area contributed by atoms with E-state index in [4.69, 9.17) is 0 Å². The van der Waals surface area contributed by atoms with Crippen LogP contribution in [0.3, 0.4) is 0 Å². The minimum atomic E-state index is -1.01. The van der Waals surface area contributed by atoms with Crippen LogP contribution in [0.1, 0.15) is 56.3 Å². The van der Waals surface area contributed by atoms with Crippen LogP contribution in [0.4, 0.5) is 5.69 Å². The molecule has 1 rings (SSSR count). The number of hydrogen-bond donors (Lipinski definition) is 1. The second-order valence-corrected chi connectivity index (χ2v) is 4.79. The predicted molar refractivity (Wildman–Crippen MR) is 71.2 cm³/mol. The first-order chi connectivity index (χ1) is 8.38. The van der Waals surface area contributed by atoms with Crippen molar-refractivity contribution in [1.82, 2.24) is 9.97 Å². The van der Waals surface area contributed by atoms with Crippen LogP contribution in [-0.4, -0.2) is 34.1 Å². The molecule has 1 atom stereocenters. The third-order valence-electron chi connectivity index (χ3n) is 3.14. The van der Waals surface area contributed by atoms with Gasteiger partial charge >= 0.3 is 5.97 Å². The van der Waals surface area contributed by atoms with E-state index < -0.39 is 5.97 Å². The van der Waals surface area contributed by atoms with Crippen molar-refractivity contribution >= 4 is 11.7 Å². The van der Waals surface area contributed by atoms with Gasteiger partial charge in [-0.15, -0.1) is 0 Å². The summed E-state index contributed by atoms with van der Waals surface area (Å²) >= 11 is 0. The van der Waals surface area contributed by atoms with E-state index in [0.717, 1.165) is 6.42 Å². The third-order valence-corrected chi connectivity index (χ3v) is 3.14. The molecule has 100 valence electrons. The molecule has 0 saturated carbocycles. The minimum Gasteiger partial charge on any atom is -0.476 e. The molecule has 0 aliphatic heterocycles. The number of hydrogen-bond acceptors (Lipinski definition) is 4. The number of carboxylic acid groups (broad SMARTS) is 1. The third kappa shape index (κ3) is 2.97. The number of anilines is 1. The van der Waals surface area contributed by atoms with Crippen LogP contribution >= 0.6 is 0 Å². The van der Waals surface area contributed by atoms with Crippen molar-refractivity contribution in [3.05, 3.63) is 17.7 Å². The summed E-state index contributed by atoms with van der Waals surface area (Å²) in [4.78, 5) is 21.6. The lowest BCUT2D eigenvalue weighted by atomic mass is 10.1. The zero-order chi connectivity index (χ0) is 13.9. The Labute approximate surface area is 108 Å². The Bertz CT molecular complexity index is 432. The summed E-state index contributed by atoms with van der Waals surface area (Å²) in [6.45, 7) is 7.99. The molecule has 0 spiro atoms. The zero-order valence-electron chi connectivity index (χ0n) is 11.6. The maximum Gasteiger partial charge on any atom is 0.356 e. The van der Waals surface area contributed by atoms with Gasteiger partial charge in [0.2, 0.25) is 0 Å². The van der Waals surface area contributed by atoms with E-state index in [2.05, 4.69) is 16.9 Å². The average molecular weight is 251 g/mol. The first-order valence-electron chi connectivity index (χ1n) is 6.21. The van der Waals surface area contributed by atoms with Crippen molar-refractivity contribution in [2.24, 2.45) is 0 Å². The maximum absolute atomic E-state index is 11.3. The molecule has 1 heterocycles. The summed E-state index contributed by atoms with van der Waals surface area (Å²) in [5.74, 6) is -0.329. The smallest absolute Gasteiger partial charge is 0.356 e. The Morgan fingerprint density at radius 2 is 2.06 bits per heavy atom. The van der Waals surface area contributed by atoms with Crippen LogP contribution < -0.4 is 4.90 Å². The lowest BCUT2D eigenvalue weighted by Crippen LogP contribution is -2.30. The molecule has 18 heavy (non-hydrogen) atoms. The molecule has 0 saturated heterocycles. The number of carboxylic acids is 1. The maximum atomic E-state index is 11.3. The summed E-state index contributed by atoms with van der Waals surface area (Å²) < 4.78 is 0. The molecule has 0 radical (unpaired) electrons. The highest BCUT2D eigenvalue weighted by atomic mass is 16.4. The SMILES string of the molecule is CCC(C)N(C)c1cnc(C(C)C)nc1C(=O)O. The van der Waals surface area contributed by atoms with Gasteiger partial charge in [0.25, 0.3) is 0 Å². The van der Waals surface area contributed by atoms with Crippen molar-refractivity contribution in [3.63, 3.8) is 0 Å². The van der Waals surface area contributed by atoms with E-state index in [9.17, 15) is 9.90 Å². The van der Waals surface area contributed by atoms with Crippen molar-refractivity contribution in [1.29, 1.82) is 0 Å². The van der Waals surface area contributed by atoms with Crippen molar-refractivity contribution in [2.45, 2.75) is 46.1 Å². The van der Waals surface area contributed by atoms with E-state index in [1.807, 2.05) is 32.7 Å². The lowest BCUT2D eigenvalue weighted by Gasteiger charge is -2.26. The Kier molecular flexibility index (Phi) is 4.64.